The molecule has 0 saturated carbocycles. The number of nitrogens with zero attached hydrogens (tertiary/aromatic N) is 2. The predicted octanol–water partition coefficient (Wildman–Crippen LogP) is 2.19. The number of hydrogen-bond donors (Lipinski definition) is 1. The van der Waals surface area contributed by atoms with Crippen LogP contribution in [0.15, 0.2) is 11.8 Å². The molecule has 1 unspecified atom stereocenters. The molecule has 1 aliphatic rings. The van der Waals surface area contributed by atoms with Crippen LogP contribution >= 0.6 is 11.5 Å². The Morgan fingerprint density at radius 2 is 2.50 bits per heavy atom. The standard InChI is InChI=1S/C11H17N3OS/c1-3-12-10(9-6-4-5-7-15-9)11-8(2)13-14-16-11/h6,10,12H,3-5,7H2,1-2H3. The molecule has 0 fully saturated rings. The first-order valence-electron chi connectivity index (χ1n) is 5.68. The van der Waals surface area contributed by atoms with E-state index in [-0.39, 0.29) is 6.04 Å². The first-order valence-corrected chi connectivity index (χ1v) is 6.45. The zero-order chi connectivity index (χ0) is 11.4. The second-order valence-electron chi connectivity index (χ2n) is 3.81. The molecule has 0 radical (unpaired) electrons. The van der Waals surface area contributed by atoms with Gasteiger partial charge in [0.25, 0.3) is 0 Å². The molecule has 0 aliphatic carbocycles. The quantitative estimate of drug-likeness (QED) is 0.875. The molecule has 0 amide bonds. The monoisotopic (exact) mass is 239 g/mol. The summed E-state index contributed by atoms with van der Waals surface area (Å²) >= 11 is 1.45. The van der Waals surface area contributed by atoms with E-state index in [4.69, 9.17) is 4.74 Å². The van der Waals surface area contributed by atoms with E-state index in [0.29, 0.717) is 0 Å². The van der Waals surface area contributed by atoms with Gasteiger partial charge in [0, 0.05) is 0 Å². The van der Waals surface area contributed by atoms with Gasteiger partial charge in [-0.2, -0.15) is 0 Å². The van der Waals surface area contributed by atoms with Gasteiger partial charge in [-0.1, -0.05) is 11.4 Å². The maximum atomic E-state index is 5.72. The van der Waals surface area contributed by atoms with E-state index in [1.807, 2.05) is 6.92 Å². The van der Waals surface area contributed by atoms with Gasteiger partial charge in [-0.3, -0.25) is 0 Å². The van der Waals surface area contributed by atoms with E-state index in [1.54, 1.807) is 0 Å². The van der Waals surface area contributed by atoms with E-state index >= 15 is 0 Å². The van der Waals surface area contributed by atoms with Crippen LogP contribution in [0.2, 0.25) is 0 Å². The molecule has 1 aromatic heterocycles. The van der Waals surface area contributed by atoms with Crippen molar-refractivity contribution in [3.8, 4) is 0 Å². The molecule has 1 aromatic rings. The Bertz CT molecular complexity index is 375. The van der Waals surface area contributed by atoms with Crippen molar-refractivity contribution in [2.75, 3.05) is 13.2 Å². The van der Waals surface area contributed by atoms with Gasteiger partial charge in [-0.25, -0.2) is 0 Å². The molecule has 0 aromatic carbocycles. The molecule has 1 N–H and O–H groups in total. The van der Waals surface area contributed by atoms with E-state index in [0.717, 1.165) is 42.3 Å². The number of aromatic nitrogens is 2. The van der Waals surface area contributed by atoms with Crippen molar-refractivity contribution < 1.29 is 4.74 Å². The van der Waals surface area contributed by atoms with Crippen LogP contribution in [-0.4, -0.2) is 22.7 Å². The molecule has 2 rings (SSSR count). The van der Waals surface area contributed by atoms with Crippen LogP contribution in [0.1, 0.15) is 36.4 Å². The maximum absolute atomic E-state index is 5.72. The predicted molar refractivity (Wildman–Crippen MR) is 64.3 cm³/mol. The molecular weight excluding hydrogens is 222 g/mol. The topological polar surface area (TPSA) is 47.0 Å². The Balaban J connectivity index is 2.23. The SMILES string of the molecule is CCNC(C1=CCCCO1)c1snnc1C. The van der Waals surface area contributed by atoms with Crippen molar-refractivity contribution in [3.05, 3.63) is 22.4 Å². The van der Waals surface area contributed by atoms with Gasteiger partial charge in [-0.15, -0.1) is 5.10 Å². The fourth-order valence-electron chi connectivity index (χ4n) is 1.81. The van der Waals surface area contributed by atoms with Crippen LogP contribution in [0, 0.1) is 6.92 Å². The number of aryl methyl sites for hydroxylation is 1. The van der Waals surface area contributed by atoms with Crippen LogP contribution in [0.25, 0.3) is 0 Å². The molecule has 1 aliphatic heterocycles. The van der Waals surface area contributed by atoms with Crippen LogP contribution in [0.3, 0.4) is 0 Å². The van der Waals surface area contributed by atoms with Gasteiger partial charge in [0.05, 0.1) is 17.2 Å². The highest BCUT2D eigenvalue weighted by molar-refractivity contribution is 7.05. The summed E-state index contributed by atoms with van der Waals surface area (Å²) in [5.41, 5.74) is 0.992. The average molecular weight is 239 g/mol. The summed E-state index contributed by atoms with van der Waals surface area (Å²) in [5, 5.41) is 7.49. The lowest BCUT2D eigenvalue weighted by Gasteiger charge is -2.23. The van der Waals surface area contributed by atoms with Crippen LogP contribution in [-0.2, 0) is 4.74 Å². The number of likely N-dealkylation sites (N-methyl/N-ethyl adjacent to an activating group) is 1. The van der Waals surface area contributed by atoms with Gasteiger partial charge in [0.1, 0.15) is 11.8 Å². The van der Waals surface area contributed by atoms with Crippen molar-refractivity contribution in [1.29, 1.82) is 0 Å². The van der Waals surface area contributed by atoms with Gasteiger partial charge in [-0.05, 0) is 43.9 Å². The third-order valence-corrected chi connectivity index (χ3v) is 3.50. The Labute approximate surface area is 99.9 Å². The zero-order valence-electron chi connectivity index (χ0n) is 9.69. The first-order chi connectivity index (χ1) is 7.83. The fourth-order valence-corrected chi connectivity index (χ4v) is 2.54. The minimum atomic E-state index is 0.130. The minimum absolute atomic E-state index is 0.130. The van der Waals surface area contributed by atoms with Crippen molar-refractivity contribution in [2.45, 2.75) is 32.7 Å². The highest BCUT2D eigenvalue weighted by Crippen LogP contribution is 2.29. The average Bonchev–Trinajstić information content (AvgIpc) is 2.73. The Hall–Kier alpha value is -0.940. The van der Waals surface area contributed by atoms with E-state index < -0.39 is 0 Å². The van der Waals surface area contributed by atoms with Gasteiger partial charge in [0.15, 0.2) is 0 Å². The van der Waals surface area contributed by atoms with E-state index in [9.17, 15) is 0 Å². The summed E-state index contributed by atoms with van der Waals surface area (Å²) < 4.78 is 9.71. The Morgan fingerprint density at radius 3 is 3.06 bits per heavy atom. The highest BCUT2D eigenvalue weighted by Gasteiger charge is 2.23. The largest absolute Gasteiger partial charge is 0.496 e. The molecule has 5 heteroatoms. The van der Waals surface area contributed by atoms with Crippen molar-refractivity contribution in [1.82, 2.24) is 14.9 Å². The molecule has 16 heavy (non-hydrogen) atoms. The van der Waals surface area contributed by atoms with Gasteiger partial charge >= 0.3 is 0 Å². The molecular formula is C11H17N3OS. The molecule has 2 heterocycles. The summed E-state index contributed by atoms with van der Waals surface area (Å²) in [6, 6.07) is 0.130. The van der Waals surface area contributed by atoms with Gasteiger partial charge in [0.2, 0.25) is 0 Å². The van der Waals surface area contributed by atoms with Crippen LogP contribution in [0.5, 0.6) is 0 Å². The summed E-state index contributed by atoms with van der Waals surface area (Å²) in [6.07, 6.45) is 4.39. The lowest BCUT2D eigenvalue weighted by Crippen LogP contribution is -2.25. The molecule has 1 atom stereocenters. The van der Waals surface area contributed by atoms with E-state index in [2.05, 4.69) is 27.9 Å². The Morgan fingerprint density at radius 1 is 1.62 bits per heavy atom. The number of rotatable bonds is 4. The molecule has 0 saturated heterocycles. The van der Waals surface area contributed by atoms with Crippen LogP contribution < -0.4 is 5.32 Å². The lowest BCUT2D eigenvalue weighted by molar-refractivity contribution is 0.168. The molecule has 0 spiro atoms. The van der Waals surface area contributed by atoms with Crippen LogP contribution in [0.4, 0.5) is 0 Å². The number of nitrogens with one attached hydrogen (secondary N) is 1. The van der Waals surface area contributed by atoms with Crippen molar-refractivity contribution in [3.63, 3.8) is 0 Å². The highest BCUT2D eigenvalue weighted by atomic mass is 32.1. The first kappa shape index (κ1) is 11.5. The zero-order valence-corrected chi connectivity index (χ0v) is 10.5. The number of ether oxygens (including phenoxy) is 1. The minimum Gasteiger partial charge on any atom is -0.496 e. The second kappa shape index (κ2) is 5.41. The molecule has 0 bridgehead atoms. The normalized spacial score (nSPS) is 17.8. The number of hydrogen-bond acceptors (Lipinski definition) is 5. The second-order valence-corrected chi connectivity index (χ2v) is 4.60. The summed E-state index contributed by atoms with van der Waals surface area (Å²) in [5.74, 6) is 1.03. The fraction of sp³-hybridized carbons (Fsp3) is 0.636. The maximum Gasteiger partial charge on any atom is 0.114 e. The summed E-state index contributed by atoms with van der Waals surface area (Å²) in [6.45, 7) is 5.81. The van der Waals surface area contributed by atoms with Gasteiger partial charge < -0.3 is 10.1 Å². The van der Waals surface area contributed by atoms with Crippen molar-refractivity contribution >= 4 is 11.5 Å². The molecule has 88 valence electrons. The smallest absolute Gasteiger partial charge is 0.114 e. The molecule has 4 nitrogen and oxygen atoms in total. The Kier molecular flexibility index (Phi) is 3.90. The number of allylic oxidation sites excluding steroid dienone is 1. The lowest BCUT2D eigenvalue weighted by atomic mass is 10.1. The van der Waals surface area contributed by atoms with E-state index in [1.165, 1.54) is 11.5 Å². The summed E-state index contributed by atoms with van der Waals surface area (Å²) in [7, 11) is 0. The third-order valence-electron chi connectivity index (χ3n) is 2.60. The third kappa shape index (κ3) is 2.41. The van der Waals surface area contributed by atoms with Crippen molar-refractivity contribution in [2.24, 2.45) is 0 Å². The summed E-state index contributed by atoms with van der Waals surface area (Å²) in [4.78, 5) is 1.16.